The van der Waals surface area contributed by atoms with E-state index in [9.17, 15) is 4.79 Å². The van der Waals surface area contributed by atoms with Crippen LogP contribution in [0.1, 0.15) is 23.2 Å². The quantitative estimate of drug-likeness (QED) is 0.902. The highest BCUT2D eigenvalue weighted by molar-refractivity contribution is 9.10. The van der Waals surface area contributed by atoms with Crippen LogP contribution in [0.4, 0.5) is 0 Å². The SMILES string of the molecule is COc1ccc(C(=O)NCC2(SC)CC2)cc1Br. The first-order valence-electron chi connectivity index (χ1n) is 5.77. The Morgan fingerprint density at radius 2 is 2.28 bits per heavy atom. The van der Waals surface area contributed by atoms with Gasteiger partial charge < -0.3 is 10.1 Å². The van der Waals surface area contributed by atoms with Gasteiger partial charge in [-0.05, 0) is 53.2 Å². The van der Waals surface area contributed by atoms with Crippen molar-refractivity contribution >= 4 is 33.6 Å². The molecule has 1 amide bonds. The molecule has 2 rings (SSSR count). The third kappa shape index (κ3) is 3.01. The van der Waals surface area contributed by atoms with Crippen molar-refractivity contribution in [1.82, 2.24) is 5.32 Å². The number of nitrogens with one attached hydrogen (secondary N) is 1. The Morgan fingerprint density at radius 3 is 2.78 bits per heavy atom. The monoisotopic (exact) mass is 329 g/mol. The fourth-order valence-electron chi connectivity index (χ4n) is 1.74. The van der Waals surface area contributed by atoms with E-state index < -0.39 is 0 Å². The summed E-state index contributed by atoms with van der Waals surface area (Å²) in [5.74, 6) is 0.702. The zero-order valence-corrected chi connectivity index (χ0v) is 12.9. The second-order valence-electron chi connectivity index (χ2n) is 4.42. The predicted molar refractivity (Wildman–Crippen MR) is 78.5 cm³/mol. The minimum atomic E-state index is -0.0290. The molecule has 0 aromatic heterocycles. The van der Waals surface area contributed by atoms with Crippen LogP contribution < -0.4 is 10.1 Å². The number of carbonyl (C=O) groups excluding carboxylic acids is 1. The van der Waals surface area contributed by atoms with Crippen LogP contribution in [0.3, 0.4) is 0 Å². The molecular weight excluding hydrogens is 314 g/mol. The molecular formula is C13H16BrNO2S. The maximum Gasteiger partial charge on any atom is 0.251 e. The van der Waals surface area contributed by atoms with Crippen molar-refractivity contribution in [2.75, 3.05) is 19.9 Å². The van der Waals surface area contributed by atoms with Crippen molar-refractivity contribution in [3.8, 4) is 5.75 Å². The number of halogens is 1. The second kappa shape index (κ2) is 5.53. The number of hydrogen-bond donors (Lipinski definition) is 1. The number of methoxy groups -OCH3 is 1. The third-order valence-electron chi connectivity index (χ3n) is 3.23. The molecule has 1 aromatic rings. The highest BCUT2D eigenvalue weighted by Gasteiger charge is 2.41. The van der Waals surface area contributed by atoms with Gasteiger partial charge in [-0.25, -0.2) is 0 Å². The van der Waals surface area contributed by atoms with E-state index in [1.807, 2.05) is 11.8 Å². The summed E-state index contributed by atoms with van der Waals surface area (Å²) in [6.07, 6.45) is 4.49. The molecule has 0 aliphatic heterocycles. The molecule has 0 atom stereocenters. The van der Waals surface area contributed by atoms with E-state index >= 15 is 0 Å². The molecule has 0 radical (unpaired) electrons. The van der Waals surface area contributed by atoms with Crippen LogP contribution >= 0.6 is 27.7 Å². The molecule has 1 aliphatic rings. The van der Waals surface area contributed by atoms with Gasteiger partial charge in [0.15, 0.2) is 0 Å². The van der Waals surface area contributed by atoms with Crippen LogP contribution in [0.25, 0.3) is 0 Å². The third-order valence-corrected chi connectivity index (χ3v) is 5.26. The van der Waals surface area contributed by atoms with Crippen LogP contribution in [0, 0.1) is 0 Å². The van der Waals surface area contributed by atoms with E-state index in [2.05, 4.69) is 27.5 Å². The lowest BCUT2D eigenvalue weighted by Crippen LogP contribution is -2.31. The van der Waals surface area contributed by atoms with Crippen LogP contribution in [0.15, 0.2) is 22.7 Å². The molecule has 0 spiro atoms. The minimum Gasteiger partial charge on any atom is -0.496 e. The fourth-order valence-corrected chi connectivity index (χ4v) is 3.01. The zero-order chi connectivity index (χ0) is 13.2. The Balaban J connectivity index is 1.98. The summed E-state index contributed by atoms with van der Waals surface area (Å²) >= 11 is 5.22. The lowest BCUT2D eigenvalue weighted by atomic mass is 10.2. The van der Waals surface area contributed by atoms with E-state index in [4.69, 9.17) is 4.74 Å². The van der Waals surface area contributed by atoms with Crippen molar-refractivity contribution in [3.05, 3.63) is 28.2 Å². The van der Waals surface area contributed by atoms with E-state index in [1.54, 1.807) is 25.3 Å². The van der Waals surface area contributed by atoms with Crippen molar-refractivity contribution in [1.29, 1.82) is 0 Å². The first-order valence-corrected chi connectivity index (χ1v) is 7.79. The molecule has 1 saturated carbocycles. The van der Waals surface area contributed by atoms with Crippen molar-refractivity contribution in [2.45, 2.75) is 17.6 Å². The Morgan fingerprint density at radius 1 is 1.56 bits per heavy atom. The van der Waals surface area contributed by atoms with Crippen LogP contribution in [-0.4, -0.2) is 30.6 Å². The molecule has 98 valence electrons. The first kappa shape index (κ1) is 13.7. The number of amides is 1. The standard InChI is InChI=1S/C13H16BrNO2S/c1-17-11-4-3-9(7-10(11)14)12(16)15-8-13(18-2)5-6-13/h3-4,7H,5-6,8H2,1-2H3,(H,15,16). The number of ether oxygens (including phenoxy) is 1. The summed E-state index contributed by atoms with van der Waals surface area (Å²) in [4.78, 5) is 12.0. The molecule has 1 N–H and O–H groups in total. The average molecular weight is 330 g/mol. The minimum absolute atomic E-state index is 0.0290. The summed E-state index contributed by atoms with van der Waals surface area (Å²) < 4.78 is 6.23. The summed E-state index contributed by atoms with van der Waals surface area (Å²) in [6.45, 7) is 0.747. The van der Waals surface area contributed by atoms with Gasteiger partial charge >= 0.3 is 0 Å². The highest BCUT2D eigenvalue weighted by Crippen LogP contribution is 2.46. The first-order chi connectivity index (χ1) is 8.60. The van der Waals surface area contributed by atoms with Crippen LogP contribution in [0.2, 0.25) is 0 Å². The smallest absolute Gasteiger partial charge is 0.251 e. The zero-order valence-electron chi connectivity index (χ0n) is 10.5. The molecule has 0 unspecified atom stereocenters. The molecule has 1 aromatic carbocycles. The van der Waals surface area contributed by atoms with E-state index in [0.29, 0.717) is 10.3 Å². The van der Waals surface area contributed by atoms with E-state index in [-0.39, 0.29) is 5.91 Å². The van der Waals surface area contributed by atoms with Gasteiger partial charge in [0.05, 0.1) is 11.6 Å². The normalized spacial score (nSPS) is 16.2. The van der Waals surface area contributed by atoms with E-state index in [0.717, 1.165) is 16.8 Å². The van der Waals surface area contributed by atoms with Gasteiger partial charge in [0, 0.05) is 16.9 Å². The van der Waals surface area contributed by atoms with Crippen molar-refractivity contribution in [3.63, 3.8) is 0 Å². The molecule has 3 nitrogen and oxygen atoms in total. The van der Waals surface area contributed by atoms with Gasteiger partial charge in [-0.15, -0.1) is 0 Å². The van der Waals surface area contributed by atoms with Gasteiger partial charge in [0.25, 0.3) is 5.91 Å². The molecule has 0 heterocycles. The molecule has 0 bridgehead atoms. The Labute approximate surface area is 120 Å². The second-order valence-corrected chi connectivity index (χ2v) is 6.55. The largest absolute Gasteiger partial charge is 0.496 e. The Kier molecular flexibility index (Phi) is 4.22. The lowest BCUT2D eigenvalue weighted by molar-refractivity contribution is 0.0953. The maximum atomic E-state index is 12.0. The fraction of sp³-hybridized carbons (Fsp3) is 0.462. The Hall–Kier alpha value is -0.680. The van der Waals surface area contributed by atoms with Crippen LogP contribution in [-0.2, 0) is 0 Å². The van der Waals surface area contributed by atoms with Crippen LogP contribution in [0.5, 0.6) is 5.75 Å². The number of benzene rings is 1. The molecule has 18 heavy (non-hydrogen) atoms. The summed E-state index contributed by atoms with van der Waals surface area (Å²) in [7, 11) is 1.61. The van der Waals surface area contributed by atoms with Gasteiger partial charge in [-0.2, -0.15) is 11.8 Å². The number of rotatable bonds is 5. The predicted octanol–water partition coefficient (Wildman–Crippen LogP) is 3.08. The lowest BCUT2D eigenvalue weighted by Gasteiger charge is -2.13. The van der Waals surface area contributed by atoms with Gasteiger partial charge in [-0.3, -0.25) is 4.79 Å². The average Bonchev–Trinajstić information content (AvgIpc) is 3.16. The van der Waals surface area contributed by atoms with Gasteiger partial charge in [0.1, 0.15) is 5.75 Å². The molecule has 1 fully saturated rings. The van der Waals surface area contributed by atoms with Crippen molar-refractivity contribution in [2.24, 2.45) is 0 Å². The molecule has 5 heteroatoms. The summed E-state index contributed by atoms with van der Waals surface area (Å²) in [5, 5.41) is 3.00. The van der Waals surface area contributed by atoms with Gasteiger partial charge in [0.2, 0.25) is 0 Å². The Bertz CT molecular complexity index is 460. The number of thioether (sulfide) groups is 1. The topological polar surface area (TPSA) is 38.3 Å². The van der Waals surface area contributed by atoms with Gasteiger partial charge in [-0.1, -0.05) is 0 Å². The van der Waals surface area contributed by atoms with E-state index in [1.165, 1.54) is 12.8 Å². The highest BCUT2D eigenvalue weighted by atomic mass is 79.9. The number of carbonyl (C=O) groups is 1. The van der Waals surface area contributed by atoms with Crippen molar-refractivity contribution < 1.29 is 9.53 Å². The summed E-state index contributed by atoms with van der Waals surface area (Å²) in [6, 6.07) is 5.35. The number of hydrogen-bond acceptors (Lipinski definition) is 3. The molecule has 0 saturated heterocycles. The maximum absolute atomic E-state index is 12.0. The summed E-state index contributed by atoms with van der Waals surface area (Å²) in [5.41, 5.74) is 0.652. The molecule has 1 aliphatic carbocycles.